The van der Waals surface area contributed by atoms with Gasteiger partial charge in [0.15, 0.2) is 0 Å². The van der Waals surface area contributed by atoms with Crippen molar-refractivity contribution in [2.75, 3.05) is 13.2 Å². The summed E-state index contributed by atoms with van der Waals surface area (Å²) in [5.41, 5.74) is 2.04. The molecule has 0 aliphatic heterocycles. The van der Waals surface area contributed by atoms with Crippen molar-refractivity contribution in [3.63, 3.8) is 0 Å². The second-order valence-corrected chi connectivity index (χ2v) is 6.05. The molecule has 1 amide bonds. The Hall–Kier alpha value is -1.35. The third-order valence-electron chi connectivity index (χ3n) is 4.42. The minimum Gasteiger partial charge on any atom is -0.395 e. The molecule has 0 unspecified atom stereocenters. The number of rotatable bonds is 5. The van der Waals surface area contributed by atoms with E-state index in [-0.39, 0.29) is 17.9 Å². The Morgan fingerprint density at radius 3 is 2.35 bits per heavy atom. The van der Waals surface area contributed by atoms with Crippen LogP contribution in [0.3, 0.4) is 0 Å². The van der Waals surface area contributed by atoms with Gasteiger partial charge in [-0.3, -0.25) is 4.79 Å². The van der Waals surface area contributed by atoms with Gasteiger partial charge in [-0.05, 0) is 29.9 Å². The summed E-state index contributed by atoms with van der Waals surface area (Å²) in [6.07, 6.45) is 4.01. The highest BCUT2D eigenvalue weighted by Gasteiger charge is 2.42. The van der Waals surface area contributed by atoms with Crippen LogP contribution < -0.4 is 5.32 Å². The molecule has 3 heteroatoms. The van der Waals surface area contributed by atoms with E-state index >= 15 is 0 Å². The minimum absolute atomic E-state index is 0.00585. The molecule has 2 rings (SSSR count). The van der Waals surface area contributed by atoms with E-state index in [4.69, 9.17) is 5.11 Å². The fourth-order valence-corrected chi connectivity index (χ4v) is 3.15. The van der Waals surface area contributed by atoms with Gasteiger partial charge in [-0.2, -0.15) is 0 Å². The molecule has 2 N–H and O–H groups in total. The summed E-state index contributed by atoms with van der Waals surface area (Å²) < 4.78 is 0. The molecule has 3 nitrogen and oxygen atoms in total. The summed E-state index contributed by atoms with van der Waals surface area (Å²) >= 11 is 0. The van der Waals surface area contributed by atoms with Gasteiger partial charge in [-0.25, -0.2) is 0 Å². The first-order valence-corrected chi connectivity index (χ1v) is 7.60. The lowest BCUT2D eigenvalue weighted by Crippen LogP contribution is -2.43. The maximum absolute atomic E-state index is 12.5. The number of hydrogen-bond acceptors (Lipinski definition) is 2. The quantitative estimate of drug-likeness (QED) is 0.868. The van der Waals surface area contributed by atoms with Crippen molar-refractivity contribution in [1.82, 2.24) is 5.32 Å². The number of amides is 1. The van der Waals surface area contributed by atoms with Crippen LogP contribution in [0.25, 0.3) is 0 Å². The van der Waals surface area contributed by atoms with E-state index in [9.17, 15) is 4.79 Å². The normalized spacial score (nSPS) is 17.4. The molecule has 0 atom stereocenters. The Labute approximate surface area is 121 Å². The van der Waals surface area contributed by atoms with E-state index in [0.717, 1.165) is 31.2 Å². The first-order chi connectivity index (χ1) is 9.60. The van der Waals surface area contributed by atoms with Crippen LogP contribution in [0.1, 0.15) is 56.6 Å². The lowest BCUT2D eigenvalue weighted by atomic mass is 9.77. The first kappa shape index (κ1) is 15.0. The fraction of sp³-hybridized carbons (Fsp3) is 0.588. The second kappa shape index (κ2) is 6.40. The predicted octanol–water partition coefficient (Wildman–Crippen LogP) is 2.73. The minimum atomic E-state index is -0.384. The van der Waals surface area contributed by atoms with Crippen molar-refractivity contribution in [3.05, 3.63) is 35.4 Å². The average molecular weight is 275 g/mol. The van der Waals surface area contributed by atoms with Crippen LogP contribution in [0.15, 0.2) is 24.3 Å². The van der Waals surface area contributed by atoms with Crippen LogP contribution in [0, 0.1) is 0 Å². The van der Waals surface area contributed by atoms with Gasteiger partial charge < -0.3 is 10.4 Å². The zero-order valence-corrected chi connectivity index (χ0v) is 12.5. The Bertz CT molecular complexity index is 445. The largest absolute Gasteiger partial charge is 0.395 e. The molecule has 0 radical (unpaired) electrons. The Kier molecular flexibility index (Phi) is 4.81. The lowest BCUT2D eigenvalue weighted by molar-refractivity contribution is -0.126. The van der Waals surface area contributed by atoms with Crippen molar-refractivity contribution in [2.24, 2.45) is 0 Å². The van der Waals surface area contributed by atoms with E-state index in [1.165, 1.54) is 5.56 Å². The zero-order valence-electron chi connectivity index (χ0n) is 12.5. The molecular weight excluding hydrogens is 250 g/mol. The molecule has 0 spiro atoms. The van der Waals surface area contributed by atoms with E-state index in [0.29, 0.717) is 12.5 Å². The highest BCUT2D eigenvalue weighted by molar-refractivity contribution is 5.88. The zero-order chi connectivity index (χ0) is 14.6. The van der Waals surface area contributed by atoms with Crippen LogP contribution in [-0.2, 0) is 10.2 Å². The second-order valence-electron chi connectivity index (χ2n) is 6.05. The summed E-state index contributed by atoms with van der Waals surface area (Å²) in [4.78, 5) is 12.5. The van der Waals surface area contributed by atoms with Gasteiger partial charge in [0.1, 0.15) is 0 Å². The van der Waals surface area contributed by atoms with Crippen molar-refractivity contribution >= 4 is 5.91 Å². The molecule has 1 aliphatic rings. The summed E-state index contributed by atoms with van der Waals surface area (Å²) in [6, 6.07) is 8.50. The number of aliphatic hydroxyl groups excluding tert-OH is 1. The molecule has 1 fully saturated rings. The van der Waals surface area contributed by atoms with Crippen molar-refractivity contribution < 1.29 is 9.90 Å². The fourth-order valence-electron chi connectivity index (χ4n) is 3.15. The first-order valence-electron chi connectivity index (χ1n) is 7.60. The SMILES string of the molecule is CC(C)c1ccc(C2(C(=O)NCCO)CCCC2)cc1. The maximum Gasteiger partial charge on any atom is 0.230 e. The molecule has 1 aliphatic carbocycles. The average Bonchev–Trinajstić information content (AvgIpc) is 2.95. The van der Waals surface area contributed by atoms with Gasteiger partial charge in [0.05, 0.1) is 12.0 Å². The van der Waals surface area contributed by atoms with E-state index < -0.39 is 0 Å². The molecule has 1 aromatic carbocycles. The van der Waals surface area contributed by atoms with Gasteiger partial charge in [0.25, 0.3) is 0 Å². The van der Waals surface area contributed by atoms with Crippen molar-refractivity contribution in [3.8, 4) is 0 Å². The third-order valence-corrected chi connectivity index (χ3v) is 4.42. The molecular formula is C17H25NO2. The van der Waals surface area contributed by atoms with Crippen molar-refractivity contribution in [2.45, 2.75) is 50.9 Å². The number of hydrogen-bond donors (Lipinski definition) is 2. The smallest absolute Gasteiger partial charge is 0.230 e. The van der Waals surface area contributed by atoms with E-state index in [1.807, 2.05) is 0 Å². The molecule has 110 valence electrons. The molecule has 0 aromatic heterocycles. The van der Waals surface area contributed by atoms with Crippen LogP contribution in [0.5, 0.6) is 0 Å². The number of carbonyl (C=O) groups is 1. The number of carbonyl (C=O) groups excluding carboxylic acids is 1. The van der Waals surface area contributed by atoms with Crippen LogP contribution >= 0.6 is 0 Å². The number of aliphatic hydroxyl groups is 1. The van der Waals surface area contributed by atoms with E-state index in [2.05, 4.69) is 43.4 Å². The monoisotopic (exact) mass is 275 g/mol. The molecule has 20 heavy (non-hydrogen) atoms. The number of benzene rings is 1. The summed E-state index contributed by atoms with van der Waals surface area (Å²) in [5.74, 6) is 0.577. The Balaban J connectivity index is 2.25. The lowest BCUT2D eigenvalue weighted by Gasteiger charge is -2.28. The number of nitrogens with one attached hydrogen (secondary N) is 1. The highest BCUT2D eigenvalue weighted by Crippen LogP contribution is 2.41. The molecule has 0 bridgehead atoms. The molecule has 0 heterocycles. The van der Waals surface area contributed by atoms with Crippen LogP contribution in [0.2, 0.25) is 0 Å². The topological polar surface area (TPSA) is 49.3 Å². The van der Waals surface area contributed by atoms with E-state index in [1.54, 1.807) is 0 Å². The Morgan fingerprint density at radius 2 is 1.85 bits per heavy atom. The Morgan fingerprint density at radius 1 is 1.25 bits per heavy atom. The van der Waals surface area contributed by atoms with Gasteiger partial charge in [0, 0.05) is 6.54 Å². The molecule has 1 saturated carbocycles. The van der Waals surface area contributed by atoms with Gasteiger partial charge >= 0.3 is 0 Å². The maximum atomic E-state index is 12.5. The third kappa shape index (κ3) is 2.88. The predicted molar refractivity (Wildman–Crippen MR) is 80.8 cm³/mol. The van der Waals surface area contributed by atoms with Crippen LogP contribution in [-0.4, -0.2) is 24.2 Å². The molecule has 1 aromatic rings. The van der Waals surface area contributed by atoms with Crippen molar-refractivity contribution in [1.29, 1.82) is 0 Å². The summed E-state index contributed by atoms with van der Waals surface area (Å²) in [7, 11) is 0. The summed E-state index contributed by atoms with van der Waals surface area (Å²) in [6.45, 7) is 4.68. The standard InChI is InChI=1S/C17H25NO2/c1-13(2)14-5-7-15(8-6-14)17(9-3-4-10-17)16(20)18-11-12-19/h5-8,13,19H,3-4,9-12H2,1-2H3,(H,18,20). The van der Waals surface area contributed by atoms with Crippen LogP contribution in [0.4, 0.5) is 0 Å². The molecule has 0 saturated heterocycles. The van der Waals surface area contributed by atoms with Gasteiger partial charge in [0.2, 0.25) is 5.91 Å². The van der Waals surface area contributed by atoms with Gasteiger partial charge in [-0.1, -0.05) is 51.0 Å². The summed E-state index contributed by atoms with van der Waals surface area (Å²) in [5, 5.41) is 11.8. The highest BCUT2D eigenvalue weighted by atomic mass is 16.3. The van der Waals surface area contributed by atoms with Gasteiger partial charge in [-0.15, -0.1) is 0 Å².